The zero-order chi connectivity index (χ0) is 22.8. The van der Waals surface area contributed by atoms with Crippen molar-refractivity contribution in [2.45, 2.75) is 38.6 Å². The van der Waals surface area contributed by atoms with Crippen LogP contribution in [0.15, 0.2) is 23.1 Å². The molecule has 0 saturated heterocycles. The predicted molar refractivity (Wildman–Crippen MR) is 108 cm³/mol. The molecule has 1 heterocycles. The molecule has 0 unspecified atom stereocenters. The number of carbonyl (C=O) groups excluding carboxylic acids is 1. The molecule has 0 atom stereocenters. The number of methoxy groups -OCH3 is 1. The van der Waals surface area contributed by atoms with Crippen molar-refractivity contribution in [3.8, 4) is 0 Å². The van der Waals surface area contributed by atoms with Crippen LogP contribution in [0.1, 0.15) is 5.56 Å². The van der Waals surface area contributed by atoms with Crippen molar-refractivity contribution in [2.24, 2.45) is 0 Å². The van der Waals surface area contributed by atoms with Gasteiger partial charge in [0, 0.05) is 27.3 Å². The first-order valence-electron chi connectivity index (χ1n) is 9.27. The van der Waals surface area contributed by atoms with Gasteiger partial charge in [0.05, 0.1) is 32.2 Å². The van der Waals surface area contributed by atoms with E-state index in [1.165, 1.54) is 19.3 Å². The summed E-state index contributed by atoms with van der Waals surface area (Å²) in [6, 6.07) is 0.822. The van der Waals surface area contributed by atoms with E-state index in [1.807, 2.05) is 0 Å². The number of nitrogens with zero attached hydrogens (tertiary/aromatic N) is 2. The van der Waals surface area contributed by atoms with Crippen LogP contribution in [0.3, 0.4) is 0 Å². The van der Waals surface area contributed by atoms with E-state index in [9.17, 15) is 22.8 Å². The topological polar surface area (TPSA) is 91.7 Å². The van der Waals surface area contributed by atoms with Gasteiger partial charge < -0.3 is 19.5 Å². The summed E-state index contributed by atoms with van der Waals surface area (Å²) < 4.78 is 55.8. The van der Waals surface area contributed by atoms with Crippen LogP contribution in [-0.2, 0) is 31.9 Å². The third-order valence-electron chi connectivity index (χ3n) is 3.77. The second-order valence-corrected chi connectivity index (χ2v) is 13.1. The third-order valence-corrected chi connectivity index (χ3v) is 5.47. The van der Waals surface area contributed by atoms with Gasteiger partial charge in [0.2, 0.25) is 0 Å². The number of halogens is 3. The molecule has 170 valence electrons. The summed E-state index contributed by atoms with van der Waals surface area (Å²) in [6.07, 6.45) is -1.32. The van der Waals surface area contributed by atoms with Gasteiger partial charge in [-0.25, -0.2) is 9.48 Å². The standard InChI is InChI=1S/C18H28F3N3O5Si/c1-27-15(25)6-5-8-28-9-7-22-14-12-23-24(13-29-10-11-30(2,3)4)17(26)16(14)18(19,20)21/h5-6,12,22H,7-11,13H2,1-4H3/b6-5+. The van der Waals surface area contributed by atoms with E-state index in [1.54, 1.807) is 0 Å². The maximum atomic E-state index is 13.4. The van der Waals surface area contributed by atoms with E-state index in [4.69, 9.17) is 9.47 Å². The Morgan fingerprint density at radius 3 is 2.57 bits per heavy atom. The maximum absolute atomic E-state index is 13.4. The van der Waals surface area contributed by atoms with E-state index in [0.29, 0.717) is 11.3 Å². The minimum absolute atomic E-state index is 0.00693. The zero-order valence-corrected chi connectivity index (χ0v) is 18.5. The number of anilines is 1. The zero-order valence-electron chi connectivity index (χ0n) is 17.5. The molecule has 8 nitrogen and oxygen atoms in total. The summed E-state index contributed by atoms with van der Waals surface area (Å²) in [4.78, 5) is 23.2. The lowest BCUT2D eigenvalue weighted by Crippen LogP contribution is -2.33. The van der Waals surface area contributed by atoms with Crippen molar-refractivity contribution in [1.82, 2.24) is 9.78 Å². The molecule has 12 heteroatoms. The molecule has 0 spiro atoms. The van der Waals surface area contributed by atoms with Crippen molar-refractivity contribution >= 4 is 19.7 Å². The Kier molecular flexibility index (Phi) is 10.2. The normalized spacial score (nSPS) is 12.4. The third kappa shape index (κ3) is 9.54. The number of alkyl halides is 3. The van der Waals surface area contributed by atoms with Crippen LogP contribution in [0.5, 0.6) is 0 Å². The molecule has 0 aliphatic rings. The van der Waals surface area contributed by atoms with Crippen LogP contribution < -0.4 is 10.9 Å². The Bertz CT molecular complexity index is 776. The van der Waals surface area contributed by atoms with Gasteiger partial charge in [-0.2, -0.15) is 18.3 Å². The summed E-state index contributed by atoms with van der Waals surface area (Å²) in [5.41, 5.74) is -3.04. The first-order chi connectivity index (χ1) is 14.0. The minimum Gasteiger partial charge on any atom is -0.466 e. The molecule has 0 saturated carbocycles. The molecule has 0 bridgehead atoms. The highest BCUT2D eigenvalue weighted by Gasteiger charge is 2.38. The Morgan fingerprint density at radius 2 is 1.97 bits per heavy atom. The van der Waals surface area contributed by atoms with Gasteiger partial charge in [-0.3, -0.25) is 4.79 Å². The number of hydrogen-bond acceptors (Lipinski definition) is 7. The van der Waals surface area contributed by atoms with Crippen molar-refractivity contribution in [1.29, 1.82) is 0 Å². The van der Waals surface area contributed by atoms with E-state index in [2.05, 4.69) is 34.8 Å². The van der Waals surface area contributed by atoms with Gasteiger partial charge in [0.25, 0.3) is 5.56 Å². The molecule has 1 N–H and O–H groups in total. The summed E-state index contributed by atoms with van der Waals surface area (Å²) in [5.74, 6) is -0.539. The molecular formula is C18H28F3N3O5Si. The van der Waals surface area contributed by atoms with Crippen molar-refractivity contribution in [3.63, 3.8) is 0 Å². The maximum Gasteiger partial charge on any atom is 0.423 e. The predicted octanol–water partition coefficient (Wildman–Crippen LogP) is 2.73. The fourth-order valence-corrected chi connectivity index (χ4v) is 2.90. The molecule has 0 amide bonds. The van der Waals surface area contributed by atoms with Crippen LogP contribution in [0, 0.1) is 0 Å². The van der Waals surface area contributed by atoms with E-state index in [-0.39, 0.29) is 26.5 Å². The number of ether oxygens (including phenoxy) is 3. The molecule has 0 aliphatic carbocycles. The molecular weight excluding hydrogens is 423 g/mol. The quantitative estimate of drug-likeness (QED) is 0.226. The lowest BCUT2D eigenvalue weighted by atomic mass is 10.2. The van der Waals surface area contributed by atoms with Crippen LogP contribution in [-0.4, -0.2) is 57.3 Å². The van der Waals surface area contributed by atoms with E-state index >= 15 is 0 Å². The first kappa shape index (κ1) is 25.9. The SMILES string of the molecule is COC(=O)/C=C/COCCNc1cnn(COCC[Si](C)(C)C)c(=O)c1C(F)(F)F. The van der Waals surface area contributed by atoms with Crippen molar-refractivity contribution in [3.05, 3.63) is 34.3 Å². The van der Waals surface area contributed by atoms with Crippen molar-refractivity contribution < 1.29 is 32.2 Å². The van der Waals surface area contributed by atoms with Gasteiger partial charge in [-0.05, 0) is 6.04 Å². The number of nitrogens with one attached hydrogen (secondary N) is 1. The summed E-state index contributed by atoms with van der Waals surface area (Å²) in [7, 11) is -0.122. The largest absolute Gasteiger partial charge is 0.466 e. The van der Waals surface area contributed by atoms with E-state index < -0.39 is 37.0 Å². The van der Waals surface area contributed by atoms with Crippen LogP contribution in [0.25, 0.3) is 0 Å². The monoisotopic (exact) mass is 451 g/mol. The summed E-state index contributed by atoms with van der Waals surface area (Å²) in [6.45, 7) is 6.57. The molecule has 30 heavy (non-hydrogen) atoms. The minimum atomic E-state index is -4.85. The number of hydrogen-bond donors (Lipinski definition) is 1. The second kappa shape index (κ2) is 11.9. The van der Waals surface area contributed by atoms with Gasteiger partial charge >= 0.3 is 12.1 Å². The molecule has 0 aromatic carbocycles. The van der Waals surface area contributed by atoms with Gasteiger partial charge in [0.1, 0.15) is 12.3 Å². The summed E-state index contributed by atoms with van der Waals surface area (Å²) >= 11 is 0. The molecule has 0 fully saturated rings. The average Bonchev–Trinajstić information content (AvgIpc) is 2.63. The Balaban J connectivity index is 2.69. The van der Waals surface area contributed by atoms with E-state index in [0.717, 1.165) is 12.2 Å². The van der Waals surface area contributed by atoms with Gasteiger partial charge in [-0.15, -0.1) is 0 Å². The van der Waals surface area contributed by atoms with Gasteiger partial charge in [-0.1, -0.05) is 25.7 Å². The lowest BCUT2D eigenvalue weighted by molar-refractivity contribution is -0.138. The highest BCUT2D eigenvalue weighted by atomic mass is 28.3. The fraction of sp³-hybridized carbons (Fsp3) is 0.611. The first-order valence-corrected chi connectivity index (χ1v) is 13.0. The highest BCUT2D eigenvalue weighted by Crippen LogP contribution is 2.31. The molecule has 0 radical (unpaired) electrons. The van der Waals surface area contributed by atoms with Crippen LogP contribution in [0.4, 0.5) is 18.9 Å². The van der Waals surface area contributed by atoms with Crippen molar-refractivity contribution in [2.75, 3.05) is 38.8 Å². The molecule has 1 rings (SSSR count). The number of rotatable bonds is 12. The Hall–Kier alpha value is -2.18. The number of carbonyl (C=O) groups is 1. The lowest BCUT2D eigenvalue weighted by Gasteiger charge is -2.17. The molecule has 1 aromatic heterocycles. The average molecular weight is 452 g/mol. The Morgan fingerprint density at radius 1 is 1.27 bits per heavy atom. The highest BCUT2D eigenvalue weighted by molar-refractivity contribution is 6.76. The summed E-state index contributed by atoms with van der Waals surface area (Å²) in [5, 5.41) is 6.28. The Labute approximate surface area is 174 Å². The van der Waals surface area contributed by atoms with Crippen LogP contribution in [0.2, 0.25) is 25.7 Å². The smallest absolute Gasteiger partial charge is 0.423 e. The van der Waals surface area contributed by atoms with Gasteiger partial charge in [0.15, 0.2) is 0 Å². The number of aromatic nitrogens is 2. The number of esters is 1. The fourth-order valence-electron chi connectivity index (χ4n) is 2.14. The second-order valence-electron chi connectivity index (χ2n) is 7.51. The van der Waals surface area contributed by atoms with Crippen LogP contribution >= 0.6 is 0 Å². The molecule has 0 aliphatic heterocycles. The molecule has 1 aromatic rings.